The lowest BCUT2D eigenvalue weighted by molar-refractivity contribution is 0.483. The Morgan fingerprint density at radius 3 is 2.10 bits per heavy atom. The predicted octanol–water partition coefficient (Wildman–Crippen LogP) is 5.27. The molecule has 0 aliphatic rings. The van der Waals surface area contributed by atoms with Gasteiger partial charge in [0.25, 0.3) is 10.1 Å². The third kappa shape index (κ3) is 7.30. The minimum Gasteiger partial charge on any atom is -0.282 e. The van der Waals surface area contributed by atoms with E-state index in [1.807, 2.05) is 0 Å². The Labute approximate surface area is 133 Å². The van der Waals surface area contributed by atoms with E-state index >= 15 is 0 Å². The standard InChI is InChI=1S/C16H25ClO3S/c1-2-3-4-5-6-7-8-9-10-14-11-12-16(15(17)13-14)21(18,19)20/h11-13H,2-10H2,1H3,(H,18,19,20). The van der Waals surface area contributed by atoms with Crippen molar-refractivity contribution in [3.05, 3.63) is 28.8 Å². The van der Waals surface area contributed by atoms with Crippen LogP contribution in [0.3, 0.4) is 0 Å². The molecule has 0 saturated heterocycles. The Hall–Kier alpha value is -0.580. The summed E-state index contributed by atoms with van der Waals surface area (Å²) >= 11 is 5.89. The highest BCUT2D eigenvalue weighted by molar-refractivity contribution is 7.86. The predicted molar refractivity (Wildman–Crippen MR) is 87.6 cm³/mol. The summed E-state index contributed by atoms with van der Waals surface area (Å²) < 4.78 is 31.1. The van der Waals surface area contributed by atoms with Crippen molar-refractivity contribution < 1.29 is 13.0 Å². The highest BCUT2D eigenvalue weighted by Gasteiger charge is 2.14. The van der Waals surface area contributed by atoms with Gasteiger partial charge in [-0.1, -0.05) is 69.5 Å². The van der Waals surface area contributed by atoms with Gasteiger partial charge in [-0.25, -0.2) is 0 Å². The Balaban J connectivity index is 2.29. The Morgan fingerprint density at radius 2 is 1.57 bits per heavy atom. The molecule has 0 unspecified atom stereocenters. The first-order valence-corrected chi connectivity index (χ1v) is 9.53. The van der Waals surface area contributed by atoms with Gasteiger partial charge in [-0.3, -0.25) is 4.55 Å². The zero-order chi connectivity index (χ0) is 15.7. The molecule has 5 heteroatoms. The van der Waals surface area contributed by atoms with Crippen LogP contribution in [-0.2, 0) is 16.5 Å². The summed E-state index contributed by atoms with van der Waals surface area (Å²) in [6.45, 7) is 2.22. The van der Waals surface area contributed by atoms with Gasteiger partial charge in [0.1, 0.15) is 4.90 Å². The van der Waals surface area contributed by atoms with Crippen LogP contribution in [0.25, 0.3) is 0 Å². The second-order valence-electron chi connectivity index (χ2n) is 5.46. The molecular formula is C16H25ClO3S. The SMILES string of the molecule is CCCCCCCCCCc1ccc(S(=O)(=O)O)c(Cl)c1. The largest absolute Gasteiger partial charge is 0.296 e. The lowest BCUT2D eigenvalue weighted by Gasteiger charge is -2.05. The first kappa shape index (κ1) is 18.5. The van der Waals surface area contributed by atoms with Gasteiger partial charge in [0.05, 0.1) is 5.02 Å². The van der Waals surface area contributed by atoms with Crippen molar-refractivity contribution in [2.24, 2.45) is 0 Å². The maximum absolute atomic E-state index is 11.0. The summed E-state index contributed by atoms with van der Waals surface area (Å²) in [4.78, 5) is -0.219. The maximum atomic E-state index is 11.0. The van der Waals surface area contributed by atoms with E-state index in [1.54, 1.807) is 12.1 Å². The van der Waals surface area contributed by atoms with Gasteiger partial charge < -0.3 is 0 Å². The van der Waals surface area contributed by atoms with E-state index < -0.39 is 10.1 Å². The molecule has 21 heavy (non-hydrogen) atoms. The summed E-state index contributed by atoms with van der Waals surface area (Å²) in [5, 5.41) is 0.0922. The fourth-order valence-corrected chi connectivity index (χ4v) is 3.41. The van der Waals surface area contributed by atoms with Gasteiger partial charge in [0.2, 0.25) is 0 Å². The average molecular weight is 333 g/mol. The molecular weight excluding hydrogens is 308 g/mol. The van der Waals surface area contributed by atoms with Gasteiger partial charge in [-0.15, -0.1) is 0 Å². The van der Waals surface area contributed by atoms with Crippen molar-refractivity contribution in [3.8, 4) is 0 Å². The molecule has 0 aromatic heterocycles. The lowest BCUT2D eigenvalue weighted by Crippen LogP contribution is -1.99. The van der Waals surface area contributed by atoms with E-state index in [0.717, 1.165) is 18.4 Å². The van der Waals surface area contributed by atoms with Gasteiger partial charge in [-0.2, -0.15) is 8.42 Å². The van der Waals surface area contributed by atoms with E-state index in [9.17, 15) is 8.42 Å². The smallest absolute Gasteiger partial charge is 0.282 e. The molecule has 0 heterocycles. The number of rotatable bonds is 10. The molecule has 0 amide bonds. The number of hydrogen-bond donors (Lipinski definition) is 1. The van der Waals surface area contributed by atoms with E-state index in [0.29, 0.717) is 0 Å². The number of halogens is 1. The normalized spacial score (nSPS) is 11.8. The van der Waals surface area contributed by atoms with E-state index in [-0.39, 0.29) is 9.92 Å². The zero-order valence-electron chi connectivity index (χ0n) is 12.6. The molecule has 0 fully saturated rings. The van der Waals surface area contributed by atoms with Crippen molar-refractivity contribution >= 4 is 21.7 Å². The van der Waals surface area contributed by atoms with Gasteiger partial charge >= 0.3 is 0 Å². The molecule has 120 valence electrons. The van der Waals surface area contributed by atoms with Crippen LogP contribution < -0.4 is 0 Å². The number of hydrogen-bond acceptors (Lipinski definition) is 2. The average Bonchev–Trinajstić information content (AvgIpc) is 2.40. The first-order valence-electron chi connectivity index (χ1n) is 7.71. The zero-order valence-corrected chi connectivity index (χ0v) is 14.2. The third-order valence-electron chi connectivity index (χ3n) is 3.59. The number of benzene rings is 1. The summed E-state index contributed by atoms with van der Waals surface area (Å²) in [6, 6.07) is 4.72. The van der Waals surface area contributed by atoms with Gasteiger partial charge in [0.15, 0.2) is 0 Å². The molecule has 0 saturated carbocycles. The highest BCUT2D eigenvalue weighted by atomic mass is 35.5. The number of aryl methyl sites for hydroxylation is 1. The molecule has 0 atom stereocenters. The molecule has 0 bridgehead atoms. The molecule has 1 aromatic rings. The fourth-order valence-electron chi connectivity index (χ4n) is 2.37. The van der Waals surface area contributed by atoms with Gasteiger partial charge in [-0.05, 0) is 30.5 Å². The molecule has 3 nitrogen and oxygen atoms in total. The van der Waals surface area contributed by atoms with Gasteiger partial charge in [0, 0.05) is 0 Å². The highest BCUT2D eigenvalue weighted by Crippen LogP contribution is 2.23. The molecule has 0 radical (unpaired) electrons. The van der Waals surface area contributed by atoms with Crippen LogP contribution in [0.2, 0.25) is 5.02 Å². The van der Waals surface area contributed by atoms with E-state index in [2.05, 4.69) is 6.92 Å². The lowest BCUT2D eigenvalue weighted by atomic mass is 10.0. The summed E-state index contributed by atoms with van der Waals surface area (Å²) in [6.07, 6.45) is 11.0. The van der Waals surface area contributed by atoms with Crippen LogP contribution >= 0.6 is 11.6 Å². The summed E-state index contributed by atoms with van der Waals surface area (Å²) in [5.41, 5.74) is 1.01. The Bertz CT molecular complexity index is 526. The van der Waals surface area contributed by atoms with Crippen LogP contribution in [0.4, 0.5) is 0 Å². The second-order valence-corrected chi connectivity index (χ2v) is 7.26. The van der Waals surface area contributed by atoms with Crippen molar-refractivity contribution in [2.75, 3.05) is 0 Å². The van der Waals surface area contributed by atoms with Crippen molar-refractivity contribution in [2.45, 2.75) is 69.6 Å². The summed E-state index contributed by atoms with van der Waals surface area (Å²) in [5.74, 6) is 0. The van der Waals surface area contributed by atoms with Crippen LogP contribution in [-0.4, -0.2) is 13.0 Å². The van der Waals surface area contributed by atoms with Crippen LogP contribution in [0.5, 0.6) is 0 Å². The van der Waals surface area contributed by atoms with Crippen molar-refractivity contribution in [1.29, 1.82) is 0 Å². The monoisotopic (exact) mass is 332 g/mol. The molecule has 0 aliphatic heterocycles. The van der Waals surface area contributed by atoms with Crippen LogP contribution in [0, 0.1) is 0 Å². The maximum Gasteiger partial charge on any atom is 0.296 e. The molecule has 1 N–H and O–H groups in total. The minimum absolute atomic E-state index is 0.0922. The molecule has 0 aliphatic carbocycles. The van der Waals surface area contributed by atoms with Crippen LogP contribution in [0.15, 0.2) is 23.1 Å². The third-order valence-corrected chi connectivity index (χ3v) is 4.93. The van der Waals surface area contributed by atoms with Crippen LogP contribution in [0.1, 0.15) is 63.9 Å². The molecule has 1 rings (SSSR count). The van der Waals surface area contributed by atoms with Crippen molar-refractivity contribution in [3.63, 3.8) is 0 Å². The van der Waals surface area contributed by atoms with Crippen molar-refractivity contribution in [1.82, 2.24) is 0 Å². The Kier molecular flexibility index (Phi) is 8.30. The first-order chi connectivity index (χ1) is 9.95. The van der Waals surface area contributed by atoms with E-state index in [1.165, 1.54) is 51.0 Å². The Morgan fingerprint density at radius 1 is 1.00 bits per heavy atom. The fraction of sp³-hybridized carbons (Fsp3) is 0.625. The second kappa shape index (κ2) is 9.44. The number of unbranched alkanes of at least 4 members (excludes halogenated alkanes) is 7. The molecule has 1 aromatic carbocycles. The minimum atomic E-state index is -4.22. The summed E-state index contributed by atoms with van der Waals surface area (Å²) in [7, 11) is -4.22. The topological polar surface area (TPSA) is 54.4 Å². The molecule has 0 spiro atoms. The quantitative estimate of drug-likeness (QED) is 0.469. The van der Waals surface area contributed by atoms with E-state index in [4.69, 9.17) is 16.2 Å².